The second kappa shape index (κ2) is 7.57. The third kappa shape index (κ3) is 3.42. The highest BCUT2D eigenvalue weighted by Crippen LogP contribution is 2.58. The molecule has 0 spiro atoms. The third-order valence-corrected chi connectivity index (χ3v) is 6.52. The minimum absolute atomic E-state index is 0.290. The van der Waals surface area contributed by atoms with Crippen molar-refractivity contribution in [2.45, 2.75) is 87.7 Å². The molecule has 162 valence electrons. The standard InChI is InChI=1S/C19H32O9/c1-10(21)4-5-19(25)17(2)6-11(7-18(19,3)26-9-17)27-16-15(24)14(23)13(22)12(8-20)28-16/h4-5,10-16,20-25H,6-9H2,1-3H3/b5-4+/t10-,11+,12-,13+,14+,15-,16-,17-,18-,19+/m1/s1. The number of aliphatic hydroxyl groups is 6. The molecule has 1 saturated carbocycles. The molecule has 2 heterocycles. The van der Waals surface area contributed by atoms with Crippen LogP contribution in [0.1, 0.15) is 33.6 Å². The first-order chi connectivity index (χ1) is 13.0. The molecule has 0 aromatic rings. The molecule has 3 aliphatic rings. The maximum atomic E-state index is 11.4. The SMILES string of the molecule is C[C@@H](O)/C=C/[C@]1(O)[C@@]2(C)CO[C@]1(C)C[C@@H](O[C@@H]1O[C@H](CO)[C@H](O)[C@H](O)[C@H]1O)C2. The van der Waals surface area contributed by atoms with Gasteiger partial charge in [-0.25, -0.2) is 0 Å². The summed E-state index contributed by atoms with van der Waals surface area (Å²) in [7, 11) is 0. The molecule has 10 atom stereocenters. The van der Waals surface area contributed by atoms with Gasteiger partial charge < -0.3 is 44.8 Å². The van der Waals surface area contributed by atoms with E-state index in [9.17, 15) is 30.6 Å². The van der Waals surface area contributed by atoms with E-state index in [-0.39, 0.29) is 6.42 Å². The first-order valence-electron chi connectivity index (χ1n) is 9.66. The zero-order valence-electron chi connectivity index (χ0n) is 16.4. The molecular weight excluding hydrogens is 372 g/mol. The number of hydrogen-bond donors (Lipinski definition) is 6. The van der Waals surface area contributed by atoms with E-state index in [4.69, 9.17) is 14.2 Å². The highest BCUT2D eigenvalue weighted by Gasteiger charge is 2.67. The van der Waals surface area contributed by atoms with E-state index in [1.54, 1.807) is 19.9 Å². The summed E-state index contributed by atoms with van der Waals surface area (Å²) in [5.41, 5.74) is -3.00. The van der Waals surface area contributed by atoms with Crippen molar-refractivity contribution in [2.24, 2.45) is 5.41 Å². The molecule has 2 aliphatic heterocycles. The molecule has 2 bridgehead atoms. The first kappa shape index (κ1) is 22.1. The molecule has 2 saturated heterocycles. The van der Waals surface area contributed by atoms with E-state index in [2.05, 4.69) is 0 Å². The Kier molecular flexibility index (Phi) is 5.97. The van der Waals surface area contributed by atoms with E-state index < -0.39 is 66.1 Å². The summed E-state index contributed by atoms with van der Waals surface area (Å²) in [5, 5.41) is 60.4. The number of hydrogen-bond acceptors (Lipinski definition) is 9. The fraction of sp³-hybridized carbons (Fsp3) is 0.895. The third-order valence-electron chi connectivity index (χ3n) is 6.52. The average Bonchev–Trinajstić information content (AvgIpc) is 2.73. The molecule has 9 heteroatoms. The van der Waals surface area contributed by atoms with Crippen LogP contribution in [0.3, 0.4) is 0 Å². The molecule has 0 aromatic carbocycles. The van der Waals surface area contributed by atoms with Crippen LogP contribution >= 0.6 is 0 Å². The minimum atomic E-state index is -1.51. The zero-order valence-corrected chi connectivity index (χ0v) is 16.4. The van der Waals surface area contributed by atoms with Crippen molar-refractivity contribution in [3.63, 3.8) is 0 Å². The summed E-state index contributed by atoms with van der Waals surface area (Å²) in [6, 6.07) is 0. The summed E-state index contributed by atoms with van der Waals surface area (Å²) >= 11 is 0. The van der Waals surface area contributed by atoms with Crippen LogP contribution < -0.4 is 0 Å². The van der Waals surface area contributed by atoms with Crippen LogP contribution in [-0.2, 0) is 14.2 Å². The molecule has 0 unspecified atom stereocenters. The summed E-state index contributed by atoms with van der Waals surface area (Å²) in [6.45, 7) is 5.00. The lowest BCUT2D eigenvalue weighted by Crippen LogP contribution is -2.63. The molecule has 3 fully saturated rings. The Morgan fingerprint density at radius 1 is 1.14 bits per heavy atom. The molecular formula is C19H32O9. The summed E-state index contributed by atoms with van der Waals surface area (Å²) in [4.78, 5) is 0. The second-order valence-electron chi connectivity index (χ2n) is 8.81. The van der Waals surface area contributed by atoms with Gasteiger partial charge in [0.05, 0.1) is 25.4 Å². The van der Waals surface area contributed by atoms with Crippen LogP contribution in [-0.4, -0.2) is 98.0 Å². The van der Waals surface area contributed by atoms with Gasteiger partial charge in [-0.3, -0.25) is 0 Å². The van der Waals surface area contributed by atoms with Gasteiger partial charge in [-0.15, -0.1) is 0 Å². The Balaban J connectivity index is 1.77. The highest BCUT2D eigenvalue weighted by atomic mass is 16.7. The Morgan fingerprint density at radius 2 is 1.82 bits per heavy atom. The lowest BCUT2D eigenvalue weighted by molar-refractivity contribution is -0.319. The molecule has 9 nitrogen and oxygen atoms in total. The Hall–Kier alpha value is -0.620. The minimum Gasteiger partial charge on any atom is -0.394 e. The van der Waals surface area contributed by atoms with Gasteiger partial charge in [0.15, 0.2) is 6.29 Å². The lowest BCUT2D eigenvalue weighted by atomic mass is 9.59. The van der Waals surface area contributed by atoms with Crippen LogP contribution in [0, 0.1) is 5.41 Å². The largest absolute Gasteiger partial charge is 0.394 e. The van der Waals surface area contributed by atoms with Gasteiger partial charge in [0.25, 0.3) is 0 Å². The predicted molar refractivity (Wildman–Crippen MR) is 96.1 cm³/mol. The van der Waals surface area contributed by atoms with Crippen LogP contribution in [0.5, 0.6) is 0 Å². The summed E-state index contributed by atoms with van der Waals surface area (Å²) < 4.78 is 17.3. The van der Waals surface area contributed by atoms with Gasteiger partial charge in [0.1, 0.15) is 35.6 Å². The van der Waals surface area contributed by atoms with E-state index in [0.29, 0.717) is 13.0 Å². The zero-order chi connectivity index (χ0) is 20.9. The molecule has 3 rings (SSSR count). The highest BCUT2D eigenvalue weighted by molar-refractivity contribution is 5.26. The lowest BCUT2D eigenvalue weighted by Gasteiger charge is -2.51. The van der Waals surface area contributed by atoms with E-state index in [1.165, 1.54) is 6.08 Å². The molecule has 6 N–H and O–H groups in total. The van der Waals surface area contributed by atoms with Gasteiger partial charge in [-0.05, 0) is 20.3 Å². The number of ether oxygens (including phenoxy) is 3. The van der Waals surface area contributed by atoms with Crippen LogP contribution in [0.25, 0.3) is 0 Å². The second-order valence-corrected chi connectivity index (χ2v) is 8.81. The van der Waals surface area contributed by atoms with Gasteiger partial charge in [-0.1, -0.05) is 19.1 Å². The quantitative estimate of drug-likeness (QED) is 0.299. The number of aliphatic hydroxyl groups excluding tert-OH is 5. The number of fused-ring (bicyclic) bond motifs is 2. The molecule has 28 heavy (non-hydrogen) atoms. The van der Waals surface area contributed by atoms with E-state index in [0.717, 1.165) is 0 Å². The molecule has 0 radical (unpaired) electrons. The maximum absolute atomic E-state index is 11.4. The molecule has 0 amide bonds. The van der Waals surface area contributed by atoms with Crippen molar-refractivity contribution in [1.82, 2.24) is 0 Å². The Bertz CT molecular complexity index is 574. The molecule has 0 aromatic heterocycles. The van der Waals surface area contributed by atoms with Gasteiger partial charge in [0.2, 0.25) is 0 Å². The van der Waals surface area contributed by atoms with Gasteiger partial charge in [0, 0.05) is 11.8 Å². The monoisotopic (exact) mass is 404 g/mol. The van der Waals surface area contributed by atoms with Crippen LogP contribution in [0.4, 0.5) is 0 Å². The topological polar surface area (TPSA) is 149 Å². The van der Waals surface area contributed by atoms with Gasteiger partial charge >= 0.3 is 0 Å². The maximum Gasteiger partial charge on any atom is 0.186 e. The molecule has 1 aliphatic carbocycles. The van der Waals surface area contributed by atoms with Crippen molar-refractivity contribution < 1.29 is 44.8 Å². The normalized spacial score (nSPS) is 52.9. The van der Waals surface area contributed by atoms with Crippen molar-refractivity contribution in [3.05, 3.63) is 12.2 Å². The Morgan fingerprint density at radius 3 is 2.39 bits per heavy atom. The van der Waals surface area contributed by atoms with Crippen molar-refractivity contribution in [3.8, 4) is 0 Å². The van der Waals surface area contributed by atoms with Crippen molar-refractivity contribution >= 4 is 0 Å². The van der Waals surface area contributed by atoms with Crippen molar-refractivity contribution in [1.29, 1.82) is 0 Å². The van der Waals surface area contributed by atoms with Crippen LogP contribution in [0.15, 0.2) is 12.2 Å². The Labute approximate surface area is 164 Å². The number of rotatable bonds is 5. The van der Waals surface area contributed by atoms with Crippen molar-refractivity contribution in [2.75, 3.05) is 13.2 Å². The predicted octanol–water partition coefficient (Wildman–Crippen LogP) is -1.57. The summed E-state index contributed by atoms with van der Waals surface area (Å²) in [5.74, 6) is 0. The fourth-order valence-corrected chi connectivity index (χ4v) is 4.74. The summed E-state index contributed by atoms with van der Waals surface area (Å²) in [6.07, 6.45) is -4.08. The van der Waals surface area contributed by atoms with E-state index >= 15 is 0 Å². The van der Waals surface area contributed by atoms with E-state index in [1.807, 2.05) is 6.92 Å². The van der Waals surface area contributed by atoms with Crippen LogP contribution in [0.2, 0.25) is 0 Å². The fourth-order valence-electron chi connectivity index (χ4n) is 4.74. The average molecular weight is 404 g/mol. The van der Waals surface area contributed by atoms with Gasteiger partial charge in [-0.2, -0.15) is 0 Å². The smallest absolute Gasteiger partial charge is 0.186 e. The first-order valence-corrected chi connectivity index (χ1v) is 9.66.